The summed E-state index contributed by atoms with van der Waals surface area (Å²) in [5.41, 5.74) is 11.0. The maximum atomic E-state index is 6.84. The number of fused-ring (bicyclic) bond motifs is 9. The maximum Gasteiger partial charge on any atom is 0.159 e. The Hall–Kier alpha value is -7.10. The Morgan fingerprint density at radius 1 is 0.321 bits per heavy atom. The summed E-state index contributed by atoms with van der Waals surface area (Å²) in [6, 6.07) is 66.7. The molecule has 2 aromatic heterocycles. The lowest BCUT2D eigenvalue weighted by atomic mass is 10.00. The first-order chi connectivity index (χ1) is 26.3. The van der Waals surface area contributed by atoms with Crippen LogP contribution in [-0.2, 0) is 0 Å². The summed E-state index contributed by atoms with van der Waals surface area (Å²) in [5.74, 6) is 0. The fourth-order valence-corrected chi connectivity index (χ4v) is 8.09. The average Bonchev–Trinajstić information content (AvgIpc) is 3.80. The Morgan fingerprint density at radius 2 is 0.943 bits per heavy atom. The van der Waals surface area contributed by atoms with Crippen molar-refractivity contribution >= 4 is 82.5 Å². The fraction of sp³-hybridized carbons (Fsp3) is 0. The molecule has 0 saturated heterocycles. The quantitative estimate of drug-likeness (QED) is 0.170. The zero-order valence-corrected chi connectivity index (χ0v) is 28.7. The van der Waals surface area contributed by atoms with Gasteiger partial charge in [-0.2, -0.15) is 0 Å². The van der Waals surface area contributed by atoms with Crippen LogP contribution < -0.4 is 4.90 Å². The van der Waals surface area contributed by atoms with E-state index in [-0.39, 0.29) is 0 Å². The van der Waals surface area contributed by atoms with E-state index in [9.17, 15) is 0 Å². The number of furan rings is 2. The molecule has 11 aromatic rings. The molecule has 0 amide bonds. The van der Waals surface area contributed by atoms with E-state index >= 15 is 0 Å². The molecule has 0 aliphatic carbocycles. The van der Waals surface area contributed by atoms with Gasteiger partial charge < -0.3 is 13.7 Å². The molecule has 9 aromatic carbocycles. The van der Waals surface area contributed by atoms with E-state index in [4.69, 9.17) is 8.83 Å². The van der Waals surface area contributed by atoms with E-state index in [1.54, 1.807) is 0 Å². The average molecular weight is 678 g/mol. The molecule has 53 heavy (non-hydrogen) atoms. The van der Waals surface area contributed by atoms with E-state index < -0.39 is 0 Å². The molecule has 0 aliphatic rings. The topological polar surface area (TPSA) is 29.5 Å². The standard InChI is InChI=1S/C50H31NO2/c1-2-10-32(11-3-1)36-25-29-42-44-17-9-18-46(50(44)53-48(42)30-36)51(38-28-24-35-21-20-33-12-4-5-13-39(33)45(35)31-38)37-26-22-34(23-27-37)40-15-8-16-43-41-14-6-7-19-47(41)52-49(40)43/h1-31H. The molecule has 248 valence electrons. The van der Waals surface area contributed by atoms with Crippen molar-refractivity contribution in [1.29, 1.82) is 0 Å². The molecule has 0 saturated carbocycles. The Bertz CT molecular complexity index is 3170. The van der Waals surface area contributed by atoms with E-state index in [1.807, 2.05) is 18.2 Å². The Labute approximate surface area is 305 Å². The molecule has 3 heteroatoms. The van der Waals surface area contributed by atoms with Gasteiger partial charge in [0, 0.05) is 38.5 Å². The smallest absolute Gasteiger partial charge is 0.159 e. The minimum Gasteiger partial charge on any atom is -0.455 e. The molecule has 0 bridgehead atoms. The molecule has 3 nitrogen and oxygen atoms in total. The number of benzene rings is 9. The van der Waals surface area contributed by atoms with Crippen LogP contribution in [0.1, 0.15) is 0 Å². The fourth-order valence-electron chi connectivity index (χ4n) is 8.09. The number of para-hydroxylation sites is 3. The van der Waals surface area contributed by atoms with Crippen LogP contribution in [0.3, 0.4) is 0 Å². The van der Waals surface area contributed by atoms with Crippen LogP contribution in [0.25, 0.3) is 87.7 Å². The second-order valence-corrected chi connectivity index (χ2v) is 13.7. The van der Waals surface area contributed by atoms with E-state index in [0.29, 0.717) is 0 Å². The summed E-state index contributed by atoms with van der Waals surface area (Å²) in [6.07, 6.45) is 0. The Balaban J connectivity index is 1.11. The minimum atomic E-state index is 0.849. The predicted molar refractivity (Wildman–Crippen MR) is 222 cm³/mol. The molecular formula is C50H31NO2. The highest BCUT2D eigenvalue weighted by molar-refractivity contribution is 6.13. The molecule has 0 atom stereocenters. The van der Waals surface area contributed by atoms with Crippen molar-refractivity contribution in [2.45, 2.75) is 0 Å². The van der Waals surface area contributed by atoms with Crippen molar-refractivity contribution < 1.29 is 8.83 Å². The third-order valence-electron chi connectivity index (χ3n) is 10.7. The van der Waals surface area contributed by atoms with Crippen LogP contribution in [-0.4, -0.2) is 0 Å². The Kier molecular flexibility index (Phi) is 6.55. The van der Waals surface area contributed by atoms with Crippen molar-refractivity contribution in [2.75, 3.05) is 4.90 Å². The van der Waals surface area contributed by atoms with Crippen LogP contribution in [0.4, 0.5) is 17.1 Å². The van der Waals surface area contributed by atoms with Crippen molar-refractivity contribution in [2.24, 2.45) is 0 Å². The van der Waals surface area contributed by atoms with Gasteiger partial charge in [0.05, 0.1) is 5.69 Å². The molecular weight excluding hydrogens is 647 g/mol. The molecule has 11 rings (SSSR count). The summed E-state index contributed by atoms with van der Waals surface area (Å²) in [4.78, 5) is 2.33. The summed E-state index contributed by atoms with van der Waals surface area (Å²) in [5, 5.41) is 9.31. The lowest BCUT2D eigenvalue weighted by Gasteiger charge is -2.26. The minimum absolute atomic E-state index is 0.849. The third-order valence-corrected chi connectivity index (χ3v) is 10.7. The second-order valence-electron chi connectivity index (χ2n) is 13.7. The zero-order valence-electron chi connectivity index (χ0n) is 28.7. The van der Waals surface area contributed by atoms with E-state index in [1.165, 1.54) is 27.1 Å². The number of nitrogens with zero attached hydrogens (tertiary/aromatic N) is 1. The summed E-state index contributed by atoms with van der Waals surface area (Å²) >= 11 is 0. The van der Waals surface area contributed by atoms with Gasteiger partial charge in [-0.15, -0.1) is 0 Å². The van der Waals surface area contributed by atoms with Gasteiger partial charge in [0.25, 0.3) is 0 Å². The predicted octanol–water partition coefficient (Wildman–Crippen LogP) is 14.6. The molecule has 0 N–H and O–H groups in total. The molecule has 2 heterocycles. The van der Waals surface area contributed by atoms with Gasteiger partial charge in [-0.25, -0.2) is 0 Å². The molecule has 0 unspecified atom stereocenters. The summed E-state index contributed by atoms with van der Waals surface area (Å²) in [7, 11) is 0. The highest BCUT2D eigenvalue weighted by Crippen LogP contribution is 2.45. The molecule has 0 fully saturated rings. The first-order valence-corrected chi connectivity index (χ1v) is 18.0. The zero-order chi connectivity index (χ0) is 34.9. The third kappa shape index (κ3) is 4.75. The van der Waals surface area contributed by atoms with Crippen molar-refractivity contribution in [1.82, 2.24) is 0 Å². The van der Waals surface area contributed by atoms with Gasteiger partial charge in [-0.1, -0.05) is 140 Å². The Morgan fingerprint density at radius 3 is 1.81 bits per heavy atom. The van der Waals surface area contributed by atoms with Crippen molar-refractivity contribution in [3.05, 3.63) is 188 Å². The molecule has 0 radical (unpaired) electrons. The lowest BCUT2D eigenvalue weighted by molar-refractivity contribution is 0.669. The SMILES string of the molecule is c1ccc(-c2ccc3c(c2)oc2c(N(c4ccc(-c5cccc6c5oc5ccccc56)cc4)c4ccc5ccc6ccccc6c5c4)cccc23)cc1. The normalized spacial score (nSPS) is 11.8. The number of hydrogen-bond acceptors (Lipinski definition) is 3. The van der Waals surface area contributed by atoms with Crippen molar-refractivity contribution in [3.8, 4) is 22.3 Å². The van der Waals surface area contributed by atoms with Gasteiger partial charge >= 0.3 is 0 Å². The number of rotatable bonds is 5. The highest BCUT2D eigenvalue weighted by Gasteiger charge is 2.21. The second kappa shape index (κ2) is 11.7. The van der Waals surface area contributed by atoms with Gasteiger partial charge in [0.15, 0.2) is 5.58 Å². The van der Waals surface area contributed by atoms with E-state index in [2.05, 4.69) is 175 Å². The number of anilines is 3. The van der Waals surface area contributed by atoms with Gasteiger partial charge in [0.1, 0.15) is 16.7 Å². The maximum absolute atomic E-state index is 6.84. The number of hydrogen-bond donors (Lipinski definition) is 0. The van der Waals surface area contributed by atoms with E-state index in [0.717, 1.165) is 77.6 Å². The summed E-state index contributed by atoms with van der Waals surface area (Å²) in [6.45, 7) is 0. The van der Waals surface area contributed by atoms with Crippen LogP contribution >= 0.6 is 0 Å². The first-order valence-electron chi connectivity index (χ1n) is 18.0. The largest absolute Gasteiger partial charge is 0.455 e. The van der Waals surface area contributed by atoms with Crippen LogP contribution in [0.15, 0.2) is 197 Å². The lowest BCUT2D eigenvalue weighted by Crippen LogP contribution is -2.10. The monoisotopic (exact) mass is 677 g/mol. The highest BCUT2D eigenvalue weighted by atomic mass is 16.3. The van der Waals surface area contributed by atoms with Crippen LogP contribution in [0.5, 0.6) is 0 Å². The van der Waals surface area contributed by atoms with Crippen LogP contribution in [0.2, 0.25) is 0 Å². The molecule has 0 spiro atoms. The van der Waals surface area contributed by atoms with Gasteiger partial charge in [-0.3, -0.25) is 0 Å². The first kappa shape index (κ1) is 29.6. The summed E-state index contributed by atoms with van der Waals surface area (Å²) < 4.78 is 13.3. The molecule has 0 aliphatic heterocycles. The van der Waals surface area contributed by atoms with Gasteiger partial charge in [0.2, 0.25) is 0 Å². The van der Waals surface area contributed by atoms with Crippen LogP contribution in [0, 0.1) is 0 Å². The van der Waals surface area contributed by atoms with Gasteiger partial charge in [-0.05, 0) is 86.8 Å². The van der Waals surface area contributed by atoms with Crippen molar-refractivity contribution in [3.63, 3.8) is 0 Å².